The summed E-state index contributed by atoms with van der Waals surface area (Å²) in [6, 6.07) is 15.5. The lowest BCUT2D eigenvalue weighted by molar-refractivity contribution is -0.170. The minimum Gasteiger partial charge on any atom is -0.466 e. The summed E-state index contributed by atoms with van der Waals surface area (Å²) < 4.78 is 7.89. The van der Waals surface area contributed by atoms with E-state index in [9.17, 15) is 5.11 Å². The summed E-state index contributed by atoms with van der Waals surface area (Å²) in [5, 5.41) is 16.6. The Morgan fingerprint density at radius 2 is 1.62 bits per heavy atom. The number of aromatic nitrogens is 3. The van der Waals surface area contributed by atoms with Gasteiger partial charge in [0, 0.05) is 5.02 Å². The SMILES string of the molecule is CCCC(O)(C(Oc1ccc(-c2ccc(Cl)cc2)cc1)n1cncn1)C(C)(C)C. The van der Waals surface area contributed by atoms with Crippen LogP contribution in [-0.2, 0) is 0 Å². The quantitative estimate of drug-likeness (QED) is 0.535. The zero-order valence-corrected chi connectivity index (χ0v) is 18.1. The summed E-state index contributed by atoms with van der Waals surface area (Å²) in [5.41, 5.74) is 0.574. The number of nitrogens with zero attached hydrogens (tertiary/aromatic N) is 3. The second kappa shape index (κ2) is 8.56. The van der Waals surface area contributed by atoms with Crippen LogP contribution in [-0.4, -0.2) is 25.5 Å². The number of benzene rings is 2. The predicted molar refractivity (Wildman–Crippen MR) is 116 cm³/mol. The summed E-state index contributed by atoms with van der Waals surface area (Å²) >= 11 is 5.98. The third-order valence-electron chi connectivity index (χ3n) is 5.29. The molecule has 0 spiro atoms. The minimum atomic E-state index is -1.13. The normalized spacial score (nSPS) is 15.0. The largest absolute Gasteiger partial charge is 0.466 e. The molecule has 154 valence electrons. The van der Waals surface area contributed by atoms with Gasteiger partial charge in [0.1, 0.15) is 24.0 Å². The van der Waals surface area contributed by atoms with Crippen LogP contribution >= 0.6 is 11.6 Å². The summed E-state index contributed by atoms with van der Waals surface area (Å²) in [6.45, 7) is 8.09. The highest BCUT2D eigenvalue weighted by molar-refractivity contribution is 6.30. The highest BCUT2D eigenvalue weighted by Gasteiger charge is 2.49. The first-order valence-electron chi connectivity index (χ1n) is 9.84. The fourth-order valence-electron chi connectivity index (χ4n) is 3.46. The van der Waals surface area contributed by atoms with Crippen molar-refractivity contribution in [1.82, 2.24) is 14.8 Å². The van der Waals surface area contributed by atoms with Gasteiger partial charge in [-0.05, 0) is 47.2 Å². The van der Waals surface area contributed by atoms with Gasteiger partial charge in [-0.15, -0.1) is 0 Å². The molecule has 5 nitrogen and oxygen atoms in total. The lowest BCUT2D eigenvalue weighted by Gasteiger charge is -2.45. The van der Waals surface area contributed by atoms with Crippen molar-refractivity contribution < 1.29 is 9.84 Å². The average molecular weight is 414 g/mol. The van der Waals surface area contributed by atoms with Crippen molar-refractivity contribution in [1.29, 1.82) is 0 Å². The summed E-state index contributed by atoms with van der Waals surface area (Å²) in [7, 11) is 0. The van der Waals surface area contributed by atoms with E-state index in [1.165, 1.54) is 6.33 Å². The molecule has 1 N–H and O–H groups in total. The Kier molecular flexibility index (Phi) is 6.30. The monoisotopic (exact) mass is 413 g/mol. The van der Waals surface area contributed by atoms with Crippen molar-refractivity contribution in [2.75, 3.05) is 0 Å². The van der Waals surface area contributed by atoms with Gasteiger partial charge in [0.2, 0.25) is 6.23 Å². The van der Waals surface area contributed by atoms with E-state index in [1.807, 2.05) is 69.3 Å². The summed E-state index contributed by atoms with van der Waals surface area (Å²) in [5.74, 6) is 0.655. The Hall–Kier alpha value is -2.37. The van der Waals surface area contributed by atoms with E-state index in [0.29, 0.717) is 17.2 Å². The van der Waals surface area contributed by atoms with E-state index in [-0.39, 0.29) is 0 Å². The van der Waals surface area contributed by atoms with E-state index >= 15 is 0 Å². The molecule has 0 aliphatic heterocycles. The summed E-state index contributed by atoms with van der Waals surface area (Å²) in [6.07, 6.45) is 3.72. The maximum Gasteiger partial charge on any atom is 0.222 e. The Labute approximate surface area is 177 Å². The van der Waals surface area contributed by atoms with Crippen molar-refractivity contribution in [3.8, 4) is 16.9 Å². The lowest BCUT2D eigenvalue weighted by atomic mass is 9.72. The van der Waals surface area contributed by atoms with Gasteiger partial charge in [-0.1, -0.05) is 70.0 Å². The van der Waals surface area contributed by atoms with Crippen molar-refractivity contribution >= 4 is 11.6 Å². The Morgan fingerprint density at radius 3 is 2.10 bits per heavy atom. The van der Waals surface area contributed by atoms with Crippen LogP contribution in [0.15, 0.2) is 61.2 Å². The van der Waals surface area contributed by atoms with Crippen molar-refractivity contribution in [3.05, 3.63) is 66.2 Å². The maximum absolute atomic E-state index is 11.7. The fourth-order valence-corrected chi connectivity index (χ4v) is 3.58. The Bertz CT molecular complexity index is 903. The van der Waals surface area contributed by atoms with Gasteiger partial charge in [0.05, 0.1) is 0 Å². The van der Waals surface area contributed by atoms with E-state index in [4.69, 9.17) is 16.3 Å². The molecular weight excluding hydrogens is 386 g/mol. The summed E-state index contributed by atoms with van der Waals surface area (Å²) in [4.78, 5) is 4.05. The zero-order chi connectivity index (χ0) is 21.1. The van der Waals surface area contributed by atoms with Crippen LogP contribution in [0.5, 0.6) is 5.75 Å². The average Bonchev–Trinajstić information content (AvgIpc) is 3.21. The van der Waals surface area contributed by atoms with Crippen molar-refractivity contribution in [2.45, 2.75) is 52.4 Å². The molecule has 3 rings (SSSR count). The molecule has 0 saturated heterocycles. The van der Waals surface area contributed by atoms with Crippen LogP contribution in [0.1, 0.15) is 46.8 Å². The van der Waals surface area contributed by atoms with Gasteiger partial charge in [-0.2, -0.15) is 5.10 Å². The third-order valence-corrected chi connectivity index (χ3v) is 5.55. The molecule has 3 aromatic rings. The first kappa shape index (κ1) is 21.3. The van der Waals surface area contributed by atoms with Gasteiger partial charge < -0.3 is 9.84 Å². The lowest BCUT2D eigenvalue weighted by Crippen LogP contribution is -2.52. The smallest absolute Gasteiger partial charge is 0.222 e. The van der Waals surface area contributed by atoms with Crippen molar-refractivity contribution in [2.24, 2.45) is 5.41 Å². The molecule has 0 saturated carbocycles. The molecule has 1 heterocycles. The van der Waals surface area contributed by atoms with Crippen LogP contribution in [0.4, 0.5) is 0 Å². The molecule has 0 bridgehead atoms. The number of rotatable bonds is 7. The third kappa shape index (κ3) is 4.62. The molecule has 0 radical (unpaired) electrons. The van der Waals surface area contributed by atoms with Crippen LogP contribution in [0.25, 0.3) is 11.1 Å². The van der Waals surface area contributed by atoms with Gasteiger partial charge in [-0.25, -0.2) is 9.67 Å². The topological polar surface area (TPSA) is 60.2 Å². The fraction of sp³-hybridized carbons (Fsp3) is 0.391. The van der Waals surface area contributed by atoms with E-state index in [2.05, 4.69) is 17.0 Å². The van der Waals surface area contributed by atoms with E-state index in [0.717, 1.165) is 17.5 Å². The van der Waals surface area contributed by atoms with Crippen LogP contribution in [0.2, 0.25) is 5.02 Å². The predicted octanol–water partition coefficient (Wildman–Crippen LogP) is 5.75. The molecule has 2 unspecified atom stereocenters. The number of halogens is 1. The van der Waals surface area contributed by atoms with Crippen LogP contribution in [0.3, 0.4) is 0 Å². The molecule has 0 fully saturated rings. The van der Waals surface area contributed by atoms with Gasteiger partial charge in [-0.3, -0.25) is 0 Å². The van der Waals surface area contributed by atoms with E-state index < -0.39 is 17.2 Å². The second-order valence-electron chi connectivity index (χ2n) is 8.30. The van der Waals surface area contributed by atoms with E-state index in [1.54, 1.807) is 11.0 Å². The molecule has 29 heavy (non-hydrogen) atoms. The van der Waals surface area contributed by atoms with Gasteiger partial charge in [0.25, 0.3) is 0 Å². The zero-order valence-electron chi connectivity index (χ0n) is 17.3. The standard InChI is InChI=1S/C23H28ClN3O2/c1-5-14-23(28,22(2,3)4)21(27-16-25-15-26-27)29-20-12-8-18(9-13-20)17-6-10-19(24)11-7-17/h6-13,15-16,21,28H,5,14H2,1-4H3. The number of ether oxygens (including phenoxy) is 1. The molecule has 1 aromatic heterocycles. The molecule has 2 aromatic carbocycles. The number of hydrogen-bond acceptors (Lipinski definition) is 4. The molecular formula is C23H28ClN3O2. The first-order valence-corrected chi connectivity index (χ1v) is 10.2. The first-order chi connectivity index (χ1) is 13.7. The molecule has 2 atom stereocenters. The highest BCUT2D eigenvalue weighted by atomic mass is 35.5. The molecule has 0 aliphatic rings. The molecule has 6 heteroatoms. The Balaban J connectivity index is 1.91. The number of aliphatic hydroxyl groups is 1. The highest BCUT2D eigenvalue weighted by Crippen LogP contribution is 2.43. The Morgan fingerprint density at radius 1 is 1.03 bits per heavy atom. The minimum absolute atomic E-state index is 0.428. The molecule has 0 amide bonds. The number of hydrogen-bond donors (Lipinski definition) is 1. The van der Waals surface area contributed by atoms with Crippen molar-refractivity contribution in [3.63, 3.8) is 0 Å². The van der Waals surface area contributed by atoms with Gasteiger partial charge >= 0.3 is 0 Å². The second-order valence-corrected chi connectivity index (χ2v) is 8.74. The van der Waals surface area contributed by atoms with Crippen LogP contribution < -0.4 is 4.74 Å². The van der Waals surface area contributed by atoms with Gasteiger partial charge in [0.15, 0.2) is 0 Å². The van der Waals surface area contributed by atoms with Crippen LogP contribution in [0, 0.1) is 5.41 Å². The maximum atomic E-state index is 11.7. The molecule has 0 aliphatic carbocycles.